The Morgan fingerprint density at radius 2 is 2.12 bits per heavy atom. The van der Waals surface area contributed by atoms with E-state index in [-0.39, 0.29) is 17.2 Å². The average Bonchev–Trinajstić information content (AvgIpc) is 2.80. The Bertz CT molecular complexity index is 403. The largest absolute Gasteiger partial charge is 0.497 e. The minimum atomic E-state index is -0.187. The molecule has 1 fully saturated rings. The summed E-state index contributed by atoms with van der Waals surface area (Å²) >= 11 is 0. The smallest absolute Gasteiger partial charge is 0.130 e. The Morgan fingerprint density at radius 3 is 2.56 bits per heavy atom. The van der Waals surface area contributed by atoms with Crippen molar-refractivity contribution in [2.75, 3.05) is 13.7 Å². The zero-order valence-corrected chi connectivity index (χ0v) is 9.96. The molecule has 2 N–H and O–H groups in total. The molecular weight excluding hydrogens is 205 g/mol. The number of nitrogens with two attached hydrogens (primary N) is 1. The van der Waals surface area contributed by atoms with Crippen molar-refractivity contribution in [2.24, 2.45) is 17.1 Å². The van der Waals surface area contributed by atoms with E-state index in [0.717, 1.165) is 5.56 Å². The number of benzene rings is 1. The fourth-order valence-corrected chi connectivity index (χ4v) is 2.69. The molecule has 1 aromatic carbocycles. The highest BCUT2D eigenvalue weighted by Crippen LogP contribution is 2.64. The van der Waals surface area contributed by atoms with E-state index in [9.17, 15) is 4.39 Å². The summed E-state index contributed by atoms with van der Waals surface area (Å²) in [5.41, 5.74) is 6.58. The van der Waals surface area contributed by atoms with Gasteiger partial charge in [-0.3, -0.25) is 0 Å². The van der Waals surface area contributed by atoms with Crippen molar-refractivity contribution in [1.29, 1.82) is 0 Å². The van der Waals surface area contributed by atoms with E-state index in [2.05, 4.69) is 13.8 Å². The molecular formula is C13H18FNO. The average molecular weight is 223 g/mol. The van der Waals surface area contributed by atoms with E-state index in [0.29, 0.717) is 18.2 Å². The van der Waals surface area contributed by atoms with E-state index in [1.807, 2.05) is 6.07 Å². The van der Waals surface area contributed by atoms with Crippen LogP contribution in [0, 0.1) is 17.2 Å². The lowest BCUT2D eigenvalue weighted by Gasteiger charge is -2.06. The summed E-state index contributed by atoms with van der Waals surface area (Å²) in [7, 11) is 1.54. The number of ether oxygens (including phenoxy) is 1. The summed E-state index contributed by atoms with van der Waals surface area (Å²) in [5, 5.41) is 0. The van der Waals surface area contributed by atoms with Crippen molar-refractivity contribution in [1.82, 2.24) is 0 Å². The van der Waals surface area contributed by atoms with Gasteiger partial charge in [-0.25, -0.2) is 4.39 Å². The van der Waals surface area contributed by atoms with Gasteiger partial charge in [0.1, 0.15) is 11.6 Å². The van der Waals surface area contributed by atoms with Crippen molar-refractivity contribution < 1.29 is 9.13 Å². The molecule has 2 nitrogen and oxygen atoms in total. The molecule has 2 atom stereocenters. The molecule has 0 bridgehead atoms. The summed E-state index contributed by atoms with van der Waals surface area (Å²) in [6.07, 6.45) is 0. The van der Waals surface area contributed by atoms with Crippen LogP contribution in [-0.4, -0.2) is 13.7 Å². The second kappa shape index (κ2) is 3.74. The molecule has 3 heteroatoms. The molecule has 0 spiro atoms. The number of hydrogen-bond acceptors (Lipinski definition) is 2. The Kier molecular flexibility index (Phi) is 2.66. The highest BCUT2D eigenvalue weighted by Gasteiger charge is 2.57. The van der Waals surface area contributed by atoms with Crippen molar-refractivity contribution >= 4 is 0 Å². The maximum absolute atomic E-state index is 13.9. The van der Waals surface area contributed by atoms with Crippen LogP contribution in [0.15, 0.2) is 18.2 Å². The topological polar surface area (TPSA) is 35.2 Å². The predicted molar refractivity (Wildman–Crippen MR) is 62.0 cm³/mol. The van der Waals surface area contributed by atoms with E-state index in [1.54, 1.807) is 6.07 Å². The fraction of sp³-hybridized carbons (Fsp3) is 0.538. The lowest BCUT2D eigenvalue weighted by molar-refractivity contribution is 0.410. The first kappa shape index (κ1) is 11.4. The quantitative estimate of drug-likeness (QED) is 0.854. The van der Waals surface area contributed by atoms with E-state index in [1.165, 1.54) is 13.2 Å². The molecule has 0 saturated heterocycles. The van der Waals surface area contributed by atoms with Crippen LogP contribution < -0.4 is 10.5 Å². The third-order valence-corrected chi connectivity index (χ3v) is 3.85. The van der Waals surface area contributed by atoms with E-state index in [4.69, 9.17) is 10.5 Å². The zero-order chi connectivity index (χ0) is 11.9. The van der Waals surface area contributed by atoms with Crippen LogP contribution in [0.25, 0.3) is 0 Å². The summed E-state index contributed by atoms with van der Waals surface area (Å²) in [6.45, 7) is 4.89. The monoisotopic (exact) mass is 223 g/mol. The van der Waals surface area contributed by atoms with Crippen LogP contribution in [0.5, 0.6) is 5.75 Å². The van der Waals surface area contributed by atoms with Gasteiger partial charge in [-0.05, 0) is 35.4 Å². The zero-order valence-electron chi connectivity index (χ0n) is 9.96. The second-order valence-electron chi connectivity index (χ2n) is 5.03. The van der Waals surface area contributed by atoms with Crippen molar-refractivity contribution in [3.05, 3.63) is 29.6 Å². The van der Waals surface area contributed by atoms with Gasteiger partial charge in [-0.15, -0.1) is 0 Å². The molecule has 1 aliphatic carbocycles. The highest BCUT2D eigenvalue weighted by atomic mass is 19.1. The maximum atomic E-state index is 13.9. The van der Waals surface area contributed by atoms with E-state index >= 15 is 0 Å². The van der Waals surface area contributed by atoms with Crippen LogP contribution in [0.1, 0.15) is 25.3 Å². The van der Waals surface area contributed by atoms with Gasteiger partial charge in [0.05, 0.1) is 7.11 Å². The van der Waals surface area contributed by atoms with Crippen molar-refractivity contribution in [3.8, 4) is 5.75 Å². The summed E-state index contributed by atoms with van der Waals surface area (Å²) in [4.78, 5) is 0. The fourth-order valence-electron chi connectivity index (χ4n) is 2.69. The molecule has 1 aliphatic rings. The number of rotatable bonds is 3. The van der Waals surface area contributed by atoms with Gasteiger partial charge < -0.3 is 10.5 Å². The summed E-state index contributed by atoms with van der Waals surface area (Å²) in [5.74, 6) is 0.996. The highest BCUT2D eigenvalue weighted by molar-refractivity contribution is 5.37. The van der Waals surface area contributed by atoms with Gasteiger partial charge in [0, 0.05) is 6.07 Å². The lowest BCUT2D eigenvalue weighted by atomic mass is 10.0. The van der Waals surface area contributed by atoms with Crippen LogP contribution in [0.2, 0.25) is 0 Å². The molecule has 2 unspecified atom stereocenters. The van der Waals surface area contributed by atoms with Crippen LogP contribution in [0.4, 0.5) is 4.39 Å². The Hall–Kier alpha value is -1.09. The van der Waals surface area contributed by atoms with Gasteiger partial charge in [0.25, 0.3) is 0 Å². The molecule has 16 heavy (non-hydrogen) atoms. The normalized spacial score (nSPS) is 26.6. The third kappa shape index (κ3) is 1.59. The van der Waals surface area contributed by atoms with E-state index < -0.39 is 0 Å². The Balaban J connectivity index is 2.30. The molecule has 1 saturated carbocycles. The van der Waals surface area contributed by atoms with Crippen molar-refractivity contribution in [3.63, 3.8) is 0 Å². The van der Waals surface area contributed by atoms with Gasteiger partial charge in [-0.1, -0.05) is 19.9 Å². The van der Waals surface area contributed by atoms with Crippen molar-refractivity contribution in [2.45, 2.75) is 19.8 Å². The molecule has 88 valence electrons. The summed E-state index contributed by atoms with van der Waals surface area (Å²) in [6, 6.07) is 5.06. The standard InChI is InChI=1S/C13H18FNO/c1-13(2)10(7-15)12(13)9-5-4-8(16-3)6-11(9)14/h4-6,10,12H,7,15H2,1-3H3. The number of methoxy groups -OCH3 is 1. The minimum absolute atomic E-state index is 0.115. The molecule has 0 aromatic heterocycles. The first-order valence-electron chi connectivity index (χ1n) is 5.56. The van der Waals surface area contributed by atoms with Crippen LogP contribution in [0.3, 0.4) is 0 Å². The minimum Gasteiger partial charge on any atom is -0.497 e. The molecule has 0 aliphatic heterocycles. The SMILES string of the molecule is COc1ccc(C2C(CN)C2(C)C)c(F)c1. The van der Waals surface area contributed by atoms with Crippen LogP contribution >= 0.6 is 0 Å². The molecule has 0 heterocycles. The molecule has 0 radical (unpaired) electrons. The second-order valence-corrected chi connectivity index (χ2v) is 5.03. The Morgan fingerprint density at radius 1 is 1.44 bits per heavy atom. The molecule has 2 rings (SSSR count). The number of halogens is 1. The number of hydrogen-bond donors (Lipinski definition) is 1. The lowest BCUT2D eigenvalue weighted by Crippen LogP contribution is -2.05. The van der Waals surface area contributed by atoms with Gasteiger partial charge in [0.15, 0.2) is 0 Å². The third-order valence-electron chi connectivity index (χ3n) is 3.85. The van der Waals surface area contributed by atoms with Gasteiger partial charge in [0.2, 0.25) is 0 Å². The molecule has 0 amide bonds. The first-order chi connectivity index (χ1) is 7.52. The first-order valence-corrected chi connectivity index (χ1v) is 5.56. The van der Waals surface area contributed by atoms with Gasteiger partial charge in [-0.2, -0.15) is 0 Å². The maximum Gasteiger partial charge on any atom is 0.130 e. The van der Waals surface area contributed by atoms with Crippen LogP contribution in [-0.2, 0) is 0 Å². The summed E-state index contributed by atoms with van der Waals surface area (Å²) < 4.78 is 18.9. The predicted octanol–water partition coefficient (Wildman–Crippen LogP) is 2.53. The molecule has 1 aromatic rings. The van der Waals surface area contributed by atoms with Gasteiger partial charge >= 0.3 is 0 Å². The Labute approximate surface area is 95.6 Å².